The number of sulfonamides is 1. The predicted molar refractivity (Wildman–Crippen MR) is 151 cm³/mol. The van der Waals surface area contributed by atoms with Crippen LogP contribution in [0.15, 0.2) is 83.8 Å². The number of nitrogens with zero attached hydrogens (tertiary/aromatic N) is 2. The molecule has 2 atom stereocenters. The summed E-state index contributed by atoms with van der Waals surface area (Å²) in [6, 6.07) is 18.6. The second-order valence-electron chi connectivity index (χ2n) is 9.19. The molecule has 2 amide bonds. The first-order valence-corrected chi connectivity index (χ1v) is 14.6. The van der Waals surface area contributed by atoms with Gasteiger partial charge in [-0.3, -0.25) is 13.9 Å². The van der Waals surface area contributed by atoms with Gasteiger partial charge in [-0.25, -0.2) is 12.8 Å². The molecule has 0 aliphatic rings. The first kappa shape index (κ1) is 30.1. The average Bonchev–Trinajstić information content (AvgIpc) is 2.93. The lowest BCUT2D eigenvalue weighted by atomic mass is 10.1. The quantitative estimate of drug-likeness (QED) is 0.314. The Morgan fingerprint density at radius 2 is 1.54 bits per heavy atom. The van der Waals surface area contributed by atoms with E-state index in [1.54, 1.807) is 37.3 Å². The molecule has 0 saturated carbocycles. The summed E-state index contributed by atoms with van der Waals surface area (Å²) in [5, 5.41) is 3.33. The highest BCUT2D eigenvalue weighted by atomic mass is 35.5. The highest BCUT2D eigenvalue weighted by Crippen LogP contribution is 2.26. The lowest BCUT2D eigenvalue weighted by molar-refractivity contribution is -0.140. The summed E-state index contributed by atoms with van der Waals surface area (Å²) in [6.45, 7) is 5.01. The fourth-order valence-corrected chi connectivity index (χ4v) is 5.56. The van der Waals surface area contributed by atoms with Crippen LogP contribution in [0.5, 0.6) is 0 Å². The van der Waals surface area contributed by atoms with Gasteiger partial charge in [0.15, 0.2) is 0 Å². The summed E-state index contributed by atoms with van der Waals surface area (Å²) in [7, 11) is -4.16. The molecule has 0 radical (unpaired) electrons. The smallest absolute Gasteiger partial charge is 0.264 e. The van der Waals surface area contributed by atoms with E-state index in [1.165, 1.54) is 53.4 Å². The SMILES string of the molecule is CC[C@H](C)NC(=O)[C@H](CC)N(Cc1ccc(F)cc1)C(=O)CN(c1ccc(Cl)cc1)S(=O)(=O)c1ccccc1. The van der Waals surface area contributed by atoms with E-state index in [4.69, 9.17) is 11.6 Å². The Bertz CT molecular complexity index is 1350. The van der Waals surface area contributed by atoms with Gasteiger partial charge in [0.2, 0.25) is 11.8 Å². The van der Waals surface area contributed by atoms with Gasteiger partial charge in [-0.15, -0.1) is 0 Å². The van der Waals surface area contributed by atoms with Crippen molar-refractivity contribution in [1.82, 2.24) is 10.2 Å². The van der Waals surface area contributed by atoms with Crippen LogP contribution in [0.2, 0.25) is 5.02 Å². The standard InChI is InChI=1S/C29H33ClFN3O4S/c1-4-21(3)32-29(36)27(5-2)33(19-22-11-15-24(31)16-12-22)28(35)20-34(25-17-13-23(30)14-18-25)39(37,38)26-9-7-6-8-10-26/h6-18,21,27H,4-5,19-20H2,1-3H3,(H,32,36)/t21-,27-/m0/s1. The lowest BCUT2D eigenvalue weighted by Crippen LogP contribution is -2.53. The van der Waals surface area contributed by atoms with Crippen molar-refractivity contribution in [1.29, 1.82) is 0 Å². The zero-order valence-corrected chi connectivity index (χ0v) is 23.8. The molecule has 3 aromatic rings. The molecule has 0 heterocycles. The fraction of sp³-hybridized carbons (Fsp3) is 0.310. The number of hydrogen-bond donors (Lipinski definition) is 1. The Morgan fingerprint density at radius 1 is 0.923 bits per heavy atom. The van der Waals surface area contributed by atoms with Gasteiger partial charge in [0.1, 0.15) is 18.4 Å². The second-order valence-corrected chi connectivity index (χ2v) is 11.5. The van der Waals surface area contributed by atoms with Crippen molar-refractivity contribution in [2.75, 3.05) is 10.8 Å². The largest absolute Gasteiger partial charge is 0.352 e. The first-order valence-electron chi connectivity index (χ1n) is 12.7. The maximum Gasteiger partial charge on any atom is 0.264 e. The van der Waals surface area contributed by atoms with Gasteiger partial charge in [-0.05, 0) is 73.9 Å². The number of carbonyl (C=O) groups excluding carboxylic acids is 2. The highest BCUT2D eigenvalue weighted by molar-refractivity contribution is 7.92. The molecule has 10 heteroatoms. The van der Waals surface area contributed by atoms with E-state index in [2.05, 4.69) is 5.32 Å². The van der Waals surface area contributed by atoms with Crippen molar-refractivity contribution >= 4 is 39.1 Å². The van der Waals surface area contributed by atoms with E-state index in [1.807, 2.05) is 13.8 Å². The predicted octanol–water partition coefficient (Wildman–Crippen LogP) is 5.40. The summed E-state index contributed by atoms with van der Waals surface area (Å²) >= 11 is 6.04. The molecule has 0 bridgehead atoms. The van der Waals surface area contributed by atoms with Crippen LogP contribution in [0.1, 0.15) is 39.2 Å². The van der Waals surface area contributed by atoms with Crippen LogP contribution in [0.4, 0.5) is 10.1 Å². The van der Waals surface area contributed by atoms with Crippen LogP contribution in [0.25, 0.3) is 0 Å². The van der Waals surface area contributed by atoms with E-state index >= 15 is 0 Å². The molecule has 0 aromatic heterocycles. The van der Waals surface area contributed by atoms with Crippen molar-refractivity contribution in [3.8, 4) is 0 Å². The monoisotopic (exact) mass is 573 g/mol. The van der Waals surface area contributed by atoms with Crippen LogP contribution in [-0.4, -0.2) is 43.8 Å². The van der Waals surface area contributed by atoms with Gasteiger partial charge >= 0.3 is 0 Å². The minimum atomic E-state index is -4.16. The van der Waals surface area contributed by atoms with Gasteiger partial charge in [0, 0.05) is 17.6 Å². The maximum absolute atomic E-state index is 13.9. The van der Waals surface area contributed by atoms with Crippen LogP contribution in [0.3, 0.4) is 0 Å². The third-order valence-electron chi connectivity index (χ3n) is 6.38. The van der Waals surface area contributed by atoms with Crippen LogP contribution in [-0.2, 0) is 26.2 Å². The van der Waals surface area contributed by atoms with Crippen LogP contribution < -0.4 is 9.62 Å². The van der Waals surface area contributed by atoms with E-state index < -0.39 is 34.3 Å². The molecule has 1 N–H and O–H groups in total. The topological polar surface area (TPSA) is 86.8 Å². The van der Waals surface area contributed by atoms with Gasteiger partial charge < -0.3 is 10.2 Å². The van der Waals surface area contributed by atoms with E-state index in [0.717, 1.165) is 4.31 Å². The maximum atomic E-state index is 13.9. The fourth-order valence-electron chi connectivity index (χ4n) is 4.00. The van der Waals surface area contributed by atoms with Crippen LogP contribution >= 0.6 is 11.6 Å². The Balaban J connectivity index is 2.03. The number of halogens is 2. The third kappa shape index (κ3) is 7.80. The number of carbonyl (C=O) groups is 2. The minimum Gasteiger partial charge on any atom is -0.352 e. The summed E-state index contributed by atoms with van der Waals surface area (Å²) in [5.41, 5.74) is 0.846. The van der Waals surface area contributed by atoms with Crippen LogP contribution in [0, 0.1) is 5.82 Å². The summed E-state index contributed by atoms with van der Waals surface area (Å²) in [6.07, 6.45) is 0.995. The Labute approximate surface area is 234 Å². The molecule has 39 heavy (non-hydrogen) atoms. The number of anilines is 1. The number of benzene rings is 3. The number of hydrogen-bond acceptors (Lipinski definition) is 4. The molecule has 7 nitrogen and oxygen atoms in total. The Morgan fingerprint density at radius 3 is 2.10 bits per heavy atom. The van der Waals surface area contributed by atoms with E-state index in [-0.39, 0.29) is 29.1 Å². The number of rotatable bonds is 12. The molecule has 0 fully saturated rings. The number of amides is 2. The molecule has 3 aromatic carbocycles. The van der Waals surface area contributed by atoms with Gasteiger partial charge in [-0.1, -0.05) is 55.8 Å². The van der Waals surface area contributed by atoms with Gasteiger partial charge in [0.05, 0.1) is 10.6 Å². The zero-order valence-electron chi connectivity index (χ0n) is 22.2. The average molecular weight is 574 g/mol. The molecule has 0 saturated heterocycles. The van der Waals surface area contributed by atoms with Crippen molar-refractivity contribution in [3.05, 3.63) is 95.3 Å². The minimum absolute atomic E-state index is 0.00854. The highest BCUT2D eigenvalue weighted by Gasteiger charge is 2.33. The normalized spacial score (nSPS) is 12.8. The van der Waals surface area contributed by atoms with Crippen molar-refractivity contribution < 1.29 is 22.4 Å². The molecule has 0 spiro atoms. The molecular formula is C29H33ClFN3O4S. The lowest BCUT2D eigenvalue weighted by Gasteiger charge is -2.33. The molecule has 0 aliphatic carbocycles. The summed E-state index contributed by atoms with van der Waals surface area (Å²) in [5.74, 6) is -1.35. The van der Waals surface area contributed by atoms with Gasteiger partial charge in [-0.2, -0.15) is 0 Å². The van der Waals surface area contributed by atoms with E-state index in [9.17, 15) is 22.4 Å². The zero-order chi connectivity index (χ0) is 28.6. The van der Waals surface area contributed by atoms with E-state index in [0.29, 0.717) is 23.4 Å². The summed E-state index contributed by atoms with van der Waals surface area (Å²) in [4.78, 5) is 28.5. The first-order chi connectivity index (χ1) is 18.6. The summed E-state index contributed by atoms with van der Waals surface area (Å²) < 4.78 is 42.0. The van der Waals surface area contributed by atoms with Crippen molar-refractivity contribution in [2.24, 2.45) is 0 Å². The number of nitrogens with one attached hydrogen (secondary N) is 1. The van der Waals surface area contributed by atoms with Gasteiger partial charge in [0.25, 0.3) is 10.0 Å². The second kappa shape index (κ2) is 13.6. The molecule has 0 aliphatic heterocycles. The molecule has 0 unspecified atom stereocenters. The van der Waals surface area contributed by atoms with Crippen molar-refractivity contribution in [2.45, 2.75) is 57.1 Å². The Hall–Kier alpha value is -3.43. The molecule has 208 valence electrons. The molecule has 3 rings (SSSR count). The third-order valence-corrected chi connectivity index (χ3v) is 8.42. The molecular weight excluding hydrogens is 541 g/mol. The van der Waals surface area contributed by atoms with Crippen molar-refractivity contribution in [3.63, 3.8) is 0 Å². The Kier molecular flexibility index (Phi) is 10.5.